The van der Waals surface area contributed by atoms with E-state index in [1.807, 2.05) is 13.8 Å². The molecule has 1 aliphatic heterocycles. The van der Waals surface area contributed by atoms with Crippen LogP contribution in [0, 0.1) is 11.8 Å². The van der Waals surface area contributed by atoms with Crippen LogP contribution in [0.3, 0.4) is 0 Å². The molecule has 0 aliphatic carbocycles. The first kappa shape index (κ1) is 12.8. The van der Waals surface area contributed by atoms with Crippen LogP contribution in [0.5, 0.6) is 0 Å². The molecule has 1 heterocycles. The number of aliphatic carboxylic acids is 1. The molecule has 0 aromatic heterocycles. The molecule has 1 fully saturated rings. The maximum Gasteiger partial charge on any atom is 0.317 e. The third-order valence-corrected chi connectivity index (χ3v) is 3.28. The number of nitrogens with one attached hydrogen (secondary N) is 1. The number of hydrogen-bond acceptors (Lipinski definition) is 2. The maximum atomic E-state index is 11.6. The van der Waals surface area contributed by atoms with Crippen molar-refractivity contribution in [2.24, 2.45) is 11.8 Å². The van der Waals surface area contributed by atoms with Crippen molar-refractivity contribution in [1.29, 1.82) is 0 Å². The Morgan fingerprint density at radius 2 is 2.00 bits per heavy atom. The molecule has 5 heteroatoms. The van der Waals surface area contributed by atoms with Gasteiger partial charge in [0.05, 0.1) is 5.92 Å². The van der Waals surface area contributed by atoms with Crippen molar-refractivity contribution < 1.29 is 14.7 Å². The van der Waals surface area contributed by atoms with Gasteiger partial charge in [-0.25, -0.2) is 4.79 Å². The summed E-state index contributed by atoms with van der Waals surface area (Å²) in [6, 6.07) is 0.0895. The Bertz CT molecular complexity index is 274. The van der Waals surface area contributed by atoms with Gasteiger partial charge in [0, 0.05) is 25.0 Å². The van der Waals surface area contributed by atoms with E-state index >= 15 is 0 Å². The first-order chi connectivity index (χ1) is 7.45. The van der Waals surface area contributed by atoms with E-state index in [0.717, 1.165) is 6.42 Å². The number of rotatable bonds is 4. The van der Waals surface area contributed by atoms with Gasteiger partial charge in [-0.15, -0.1) is 0 Å². The molecule has 0 spiro atoms. The number of urea groups is 1. The number of likely N-dealkylation sites (tertiary alicyclic amines) is 1. The van der Waals surface area contributed by atoms with Crippen molar-refractivity contribution >= 4 is 12.0 Å². The van der Waals surface area contributed by atoms with Crippen molar-refractivity contribution in [3.05, 3.63) is 0 Å². The summed E-state index contributed by atoms with van der Waals surface area (Å²) in [7, 11) is 0. The average Bonchev–Trinajstić information content (AvgIpc) is 2.14. The maximum absolute atomic E-state index is 11.6. The third-order valence-electron chi connectivity index (χ3n) is 3.28. The summed E-state index contributed by atoms with van der Waals surface area (Å²) < 4.78 is 0. The molecule has 2 N–H and O–H groups in total. The van der Waals surface area contributed by atoms with Gasteiger partial charge < -0.3 is 15.3 Å². The van der Waals surface area contributed by atoms with Crippen molar-refractivity contribution in [2.45, 2.75) is 33.2 Å². The van der Waals surface area contributed by atoms with Gasteiger partial charge in [0.1, 0.15) is 0 Å². The molecule has 92 valence electrons. The zero-order chi connectivity index (χ0) is 12.3. The largest absolute Gasteiger partial charge is 0.481 e. The molecular formula is C11H20N2O3. The molecule has 2 atom stereocenters. The van der Waals surface area contributed by atoms with Crippen LogP contribution in [0.25, 0.3) is 0 Å². The van der Waals surface area contributed by atoms with Crippen molar-refractivity contribution in [3.63, 3.8) is 0 Å². The third kappa shape index (κ3) is 2.87. The molecule has 2 amide bonds. The van der Waals surface area contributed by atoms with E-state index in [0.29, 0.717) is 13.1 Å². The molecule has 0 aromatic carbocycles. The van der Waals surface area contributed by atoms with Gasteiger partial charge in [-0.2, -0.15) is 0 Å². The summed E-state index contributed by atoms with van der Waals surface area (Å²) in [4.78, 5) is 24.0. The minimum Gasteiger partial charge on any atom is -0.481 e. The van der Waals surface area contributed by atoms with Gasteiger partial charge in [0.15, 0.2) is 0 Å². The van der Waals surface area contributed by atoms with Crippen LogP contribution in [-0.4, -0.2) is 41.1 Å². The molecule has 0 aromatic rings. The van der Waals surface area contributed by atoms with Crippen LogP contribution in [0.15, 0.2) is 0 Å². The zero-order valence-electron chi connectivity index (χ0n) is 10.1. The van der Waals surface area contributed by atoms with Crippen molar-refractivity contribution in [1.82, 2.24) is 10.2 Å². The van der Waals surface area contributed by atoms with Crippen LogP contribution in [0.2, 0.25) is 0 Å². The van der Waals surface area contributed by atoms with Gasteiger partial charge >= 0.3 is 12.0 Å². The van der Waals surface area contributed by atoms with E-state index in [4.69, 9.17) is 5.11 Å². The second-order valence-corrected chi connectivity index (χ2v) is 4.55. The van der Waals surface area contributed by atoms with Gasteiger partial charge in [-0.3, -0.25) is 4.79 Å². The summed E-state index contributed by atoms with van der Waals surface area (Å²) in [5.41, 5.74) is 0. The van der Waals surface area contributed by atoms with E-state index in [1.165, 1.54) is 0 Å². The standard InChI is InChI=1S/C11H20N2O3/c1-4-7(2)12-11(16)13-5-9(6-13)8(3)10(14)15/h7-9H,4-6H2,1-3H3,(H,12,16)(H,14,15). The lowest BCUT2D eigenvalue weighted by atomic mass is 9.87. The Morgan fingerprint density at radius 1 is 1.44 bits per heavy atom. The number of amides is 2. The Hall–Kier alpha value is -1.26. The highest BCUT2D eigenvalue weighted by Crippen LogP contribution is 2.23. The van der Waals surface area contributed by atoms with E-state index in [1.54, 1.807) is 11.8 Å². The van der Waals surface area contributed by atoms with Gasteiger partial charge in [0.2, 0.25) is 0 Å². The lowest BCUT2D eigenvalue weighted by Crippen LogP contribution is -2.57. The van der Waals surface area contributed by atoms with Crippen molar-refractivity contribution in [3.8, 4) is 0 Å². The Balaban J connectivity index is 2.30. The van der Waals surface area contributed by atoms with Gasteiger partial charge in [-0.1, -0.05) is 13.8 Å². The van der Waals surface area contributed by atoms with Gasteiger partial charge in [-0.05, 0) is 13.3 Å². The smallest absolute Gasteiger partial charge is 0.317 e. The van der Waals surface area contributed by atoms with Crippen LogP contribution < -0.4 is 5.32 Å². The highest BCUT2D eigenvalue weighted by atomic mass is 16.4. The summed E-state index contributed by atoms with van der Waals surface area (Å²) >= 11 is 0. The lowest BCUT2D eigenvalue weighted by molar-refractivity contribution is -0.144. The van der Waals surface area contributed by atoms with E-state index in [-0.39, 0.29) is 23.9 Å². The molecule has 1 rings (SSSR count). The fourth-order valence-electron chi connectivity index (χ4n) is 1.60. The number of nitrogens with zero attached hydrogens (tertiary/aromatic N) is 1. The lowest BCUT2D eigenvalue weighted by Gasteiger charge is -2.41. The molecular weight excluding hydrogens is 208 g/mol. The molecule has 1 aliphatic rings. The number of carboxylic acid groups (broad SMARTS) is 1. The monoisotopic (exact) mass is 228 g/mol. The quantitative estimate of drug-likeness (QED) is 0.758. The second-order valence-electron chi connectivity index (χ2n) is 4.55. The normalized spacial score (nSPS) is 19.8. The number of hydrogen-bond donors (Lipinski definition) is 2. The number of carbonyl (C=O) groups is 2. The number of carboxylic acids is 1. The highest BCUT2D eigenvalue weighted by Gasteiger charge is 2.37. The summed E-state index contributed by atoms with van der Waals surface area (Å²) in [6.45, 7) is 6.76. The van der Waals surface area contributed by atoms with Crippen LogP contribution in [0.1, 0.15) is 27.2 Å². The Labute approximate surface area is 95.8 Å². The molecule has 5 nitrogen and oxygen atoms in total. The molecule has 1 saturated heterocycles. The average molecular weight is 228 g/mol. The van der Waals surface area contributed by atoms with Gasteiger partial charge in [0.25, 0.3) is 0 Å². The molecule has 0 saturated carbocycles. The first-order valence-electron chi connectivity index (χ1n) is 5.74. The predicted molar refractivity (Wildman–Crippen MR) is 60.1 cm³/mol. The van der Waals surface area contributed by atoms with Crippen LogP contribution in [0.4, 0.5) is 4.79 Å². The number of carbonyl (C=O) groups excluding carboxylic acids is 1. The fraction of sp³-hybridized carbons (Fsp3) is 0.818. The molecule has 2 unspecified atom stereocenters. The summed E-state index contributed by atoms with van der Waals surface area (Å²) in [5.74, 6) is -1.06. The molecule has 0 bridgehead atoms. The molecule has 16 heavy (non-hydrogen) atoms. The van der Waals surface area contributed by atoms with Crippen LogP contribution in [-0.2, 0) is 4.79 Å². The zero-order valence-corrected chi connectivity index (χ0v) is 10.1. The topological polar surface area (TPSA) is 69.6 Å². The summed E-state index contributed by atoms with van der Waals surface area (Å²) in [6.07, 6.45) is 0.897. The fourth-order valence-corrected chi connectivity index (χ4v) is 1.60. The van der Waals surface area contributed by atoms with E-state index in [2.05, 4.69) is 5.32 Å². The Kier molecular flexibility index (Phi) is 4.15. The Morgan fingerprint density at radius 3 is 2.44 bits per heavy atom. The predicted octanol–water partition coefficient (Wildman–Crippen LogP) is 1.15. The van der Waals surface area contributed by atoms with Crippen molar-refractivity contribution in [2.75, 3.05) is 13.1 Å². The SMILES string of the molecule is CCC(C)NC(=O)N1CC(C(C)C(=O)O)C1. The second kappa shape index (κ2) is 5.18. The molecule has 0 radical (unpaired) electrons. The van der Waals surface area contributed by atoms with Crippen LogP contribution >= 0.6 is 0 Å². The minimum atomic E-state index is -0.785. The minimum absolute atomic E-state index is 0.0804. The highest BCUT2D eigenvalue weighted by molar-refractivity contribution is 5.76. The van der Waals surface area contributed by atoms with E-state index in [9.17, 15) is 9.59 Å². The summed E-state index contributed by atoms with van der Waals surface area (Å²) in [5, 5.41) is 11.7. The van der Waals surface area contributed by atoms with E-state index < -0.39 is 5.97 Å². The first-order valence-corrected chi connectivity index (χ1v) is 5.74.